The maximum absolute atomic E-state index is 12.6. The van der Waals surface area contributed by atoms with E-state index in [2.05, 4.69) is 5.32 Å². The molecule has 0 aliphatic carbocycles. The number of nitrogens with zero attached hydrogens (tertiary/aromatic N) is 1. The Morgan fingerprint density at radius 3 is 2.37 bits per heavy atom. The number of hydrogen-bond donors (Lipinski definition) is 1. The summed E-state index contributed by atoms with van der Waals surface area (Å²) in [5.41, 5.74) is 1.65. The third-order valence-electron chi connectivity index (χ3n) is 5.16. The number of piperidine rings is 1. The van der Waals surface area contributed by atoms with Crippen LogP contribution in [0.4, 0.5) is 0 Å². The average Bonchev–Trinajstić information content (AvgIpc) is 2.69. The van der Waals surface area contributed by atoms with Crippen molar-refractivity contribution >= 4 is 23.4 Å². The van der Waals surface area contributed by atoms with E-state index in [9.17, 15) is 9.59 Å². The molecule has 1 N–H and O–H groups in total. The third kappa shape index (κ3) is 5.10. The summed E-state index contributed by atoms with van der Waals surface area (Å²) >= 11 is 6.13. The van der Waals surface area contributed by atoms with E-state index in [1.165, 1.54) is 0 Å². The van der Waals surface area contributed by atoms with Gasteiger partial charge in [-0.15, -0.1) is 0 Å². The Balaban J connectivity index is 1.47. The molecule has 0 spiro atoms. The van der Waals surface area contributed by atoms with Gasteiger partial charge in [0.05, 0.1) is 16.6 Å². The second-order valence-electron chi connectivity index (χ2n) is 7.12. The van der Waals surface area contributed by atoms with Gasteiger partial charge in [0.2, 0.25) is 5.91 Å². The molecule has 0 bridgehead atoms. The average molecular weight is 385 g/mol. The highest BCUT2D eigenvalue weighted by Crippen LogP contribution is 2.24. The minimum absolute atomic E-state index is 0.000546. The van der Waals surface area contributed by atoms with Crippen LogP contribution in [0.3, 0.4) is 0 Å². The molecule has 2 aromatic rings. The first-order valence-corrected chi connectivity index (χ1v) is 9.80. The molecule has 4 nitrogen and oxygen atoms in total. The van der Waals surface area contributed by atoms with Crippen molar-refractivity contribution in [2.45, 2.75) is 32.2 Å². The fourth-order valence-corrected chi connectivity index (χ4v) is 3.75. The van der Waals surface area contributed by atoms with E-state index < -0.39 is 0 Å². The van der Waals surface area contributed by atoms with Gasteiger partial charge in [0.25, 0.3) is 5.91 Å². The van der Waals surface area contributed by atoms with E-state index >= 15 is 0 Å². The number of amides is 2. The molecule has 2 aromatic carbocycles. The van der Waals surface area contributed by atoms with E-state index in [-0.39, 0.29) is 17.9 Å². The number of carbonyl (C=O) groups is 2. The van der Waals surface area contributed by atoms with E-state index in [0.29, 0.717) is 36.0 Å². The Kier molecular flexibility index (Phi) is 6.51. The molecule has 5 heteroatoms. The van der Waals surface area contributed by atoms with Gasteiger partial charge in [-0.2, -0.15) is 0 Å². The minimum Gasteiger partial charge on any atom is -0.350 e. The predicted molar refractivity (Wildman–Crippen MR) is 108 cm³/mol. The summed E-state index contributed by atoms with van der Waals surface area (Å²) in [6, 6.07) is 17.1. The van der Waals surface area contributed by atoms with Gasteiger partial charge in [0, 0.05) is 19.5 Å². The fraction of sp³-hybridized carbons (Fsp3) is 0.364. The van der Waals surface area contributed by atoms with Crippen molar-refractivity contribution < 1.29 is 9.59 Å². The summed E-state index contributed by atoms with van der Waals surface area (Å²) in [5.74, 6) is 0.353. The first-order valence-electron chi connectivity index (χ1n) is 9.42. The highest BCUT2D eigenvalue weighted by molar-refractivity contribution is 6.33. The third-order valence-corrected chi connectivity index (χ3v) is 5.49. The molecule has 1 aliphatic rings. The van der Waals surface area contributed by atoms with E-state index in [0.717, 1.165) is 18.4 Å². The molecule has 1 heterocycles. The topological polar surface area (TPSA) is 49.4 Å². The predicted octanol–water partition coefficient (Wildman–Crippen LogP) is 4.46. The highest BCUT2D eigenvalue weighted by atomic mass is 35.5. The number of carbonyl (C=O) groups excluding carboxylic acids is 2. The molecular formula is C22H25ClN2O2. The molecule has 0 aromatic heterocycles. The summed E-state index contributed by atoms with van der Waals surface area (Å²) < 4.78 is 0. The quantitative estimate of drug-likeness (QED) is 0.827. The maximum Gasteiger partial charge on any atom is 0.255 e. The Morgan fingerprint density at radius 1 is 1.07 bits per heavy atom. The van der Waals surface area contributed by atoms with Gasteiger partial charge in [-0.25, -0.2) is 0 Å². The van der Waals surface area contributed by atoms with Crippen molar-refractivity contribution in [1.29, 1.82) is 0 Å². The van der Waals surface area contributed by atoms with Gasteiger partial charge in [0.1, 0.15) is 0 Å². The largest absolute Gasteiger partial charge is 0.350 e. The van der Waals surface area contributed by atoms with Gasteiger partial charge in [0.15, 0.2) is 0 Å². The van der Waals surface area contributed by atoms with Crippen LogP contribution in [-0.2, 0) is 4.79 Å². The maximum atomic E-state index is 12.6. The van der Waals surface area contributed by atoms with Crippen LogP contribution in [0.25, 0.3) is 0 Å². The molecule has 1 unspecified atom stereocenters. The standard InChI is InChI=1S/C22H25ClN2O2/c1-16(18-7-3-2-4-8-18)24-21(26)15-17-11-13-25(14-12-17)22(27)19-9-5-6-10-20(19)23/h2-10,16-17H,11-15H2,1H3,(H,24,26). The molecule has 0 radical (unpaired) electrons. The molecule has 1 fully saturated rings. The van der Waals surface area contributed by atoms with Crippen molar-refractivity contribution in [3.05, 3.63) is 70.7 Å². The first kappa shape index (κ1) is 19.4. The summed E-state index contributed by atoms with van der Waals surface area (Å²) in [5, 5.41) is 3.56. The van der Waals surface area contributed by atoms with Crippen molar-refractivity contribution in [1.82, 2.24) is 10.2 Å². The van der Waals surface area contributed by atoms with Crippen molar-refractivity contribution in [3.63, 3.8) is 0 Å². The van der Waals surface area contributed by atoms with Crippen LogP contribution in [-0.4, -0.2) is 29.8 Å². The first-order chi connectivity index (χ1) is 13.0. The summed E-state index contributed by atoms with van der Waals surface area (Å²) in [6.07, 6.45) is 2.18. The molecular weight excluding hydrogens is 360 g/mol. The second kappa shape index (κ2) is 9.05. The lowest BCUT2D eigenvalue weighted by molar-refractivity contribution is -0.122. The van der Waals surface area contributed by atoms with Gasteiger partial charge in [-0.3, -0.25) is 9.59 Å². The minimum atomic E-state index is -0.0267. The van der Waals surface area contributed by atoms with Gasteiger partial charge in [-0.1, -0.05) is 54.1 Å². The number of benzene rings is 2. The van der Waals surface area contributed by atoms with E-state index in [1.807, 2.05) is 54.3 Å². The number of rotatable bonds is 5. The second-order valence-corrected chi connectivity index (χ2v) is 7.53. The van der Waals surface area contributed by atoms with Crippen molar-refractivity contribution in [2.75, 3.05) is 13.1 Å². The van der Waals surface area contributed by atoms with Gasteiger partial charge >= 0.3 is 0 Å². The van der Waals surface area contributed by atoms with Crippen LogP contribution >= 0.6 is 11.6 Å². The lowest BCUT2D eigenvalue weighted by Gasteiger charge is -2.32. The van der Waals surface area contributed by atoms with Crippen LogP contribution in [0.2, 0.25) is 5.02 Å². The van der Waals surface area contributed by atoms with Gasteiger partial charge in [-0.05, 0) is 43.4 Å². The Labute approximate surface area is 165 Å². The SMILES string of the molecule is CC(NC(=O)CC1CCN(C(=O)c2ccccc2Cl)CC1)c1ccccc1. The zero-order chi connectivity index (χ0) is 19.2. The molecule has 27 heavy (non-hydrogen) atoms. The normalized spacial score (nSPS) is 16.0. The molecule has 142 valence electrons. The van der Waals surface area contributed by atoms with Crippen LogP contribution in [0.15, 0.2) is 54.6 Å². The highest BCUT2D eigenvalue weighted by Gasteiger charge is 2.26. The Bertz CT molecular complexity index is 786. The van der Waals surface area contributed by atoms with Crippen molar-refractivity contribution in [3.8, 4) is 0 Å². The van der Waals surface area contributed by atoms with E-state index in [4.69, 9.17) is 11.6 Å². The van der Waals surface area contributed by atoms with Crippen LogP contribution in [0.1, 0.15) is 48.1 Å². The molecule has 3 rings (SSSR count). The lowest BCUT2D eigenvalue weighted by Crippen LogP contribution is -2.40. The lowest BCUT2D eigenvalue weighted by atomic mass is 9.92. The molecule has 2 amide bonds. The van der Waals surface area contributed by atoms with Crippen LogP contribution in [0, 0.1) is 5.92 Å². The zero-order valence-corrected chi connectivity index (χ0v) is 16.3. The summed E-state index contributed by atoms with van der Waals surface area (Å²) in [6.45, 7) is 3.32. The summed E-state index contributed by atoms with van der Waals surface area (Å²) in [4.78, 5) is 26.8. The van der Waals surface area contributed by atoms with Gasteiger partial charge < -0.3 is 10.2 Å². The smallest absolute Gasteiger partial charge is 0.255 e. The number of likely N-dealkylation sites (tertiary alicyclic amines) is 1. The summed E-state index contributed by atoms with van der Waals surface area (Å²) in [7, 11) is 0. The van der Waals surface area contributed by atoms with Crippen LogP contribution in [0.5, 0.6) is 0 Å². The Hall–Kier alpha value is -2.33. The molecule has 1 atom stereocenters. The van der Waals surface area contributed by atoms with E-state index in [1.54, 1.807) is 12.1 Å². The zero-order valence-electron chi connectivity index (χ0n) is 15.5. The Morgan fingerprint density at radius 2 is 1.70 bits per heavy atom. The number of halogens is 1. The van der Waals surface area contributed by atoms with Crippen molar-refractivity contribution in [2.24, 2.45) is 5.92 Å². The van der Waals surface area contributed by atoms with Crippen LogP contribution < -0.4 is 5.32 Å². The number of hydrogen-bond acceptors (Lipinski definition) is 2. The molecule has 0 saturated carbocycles. The molecule has 1 aliphatic heterocycles. The monoisotopic (exact) mass is 384 g/mol. The molecule has 1 saturated heterocycles. The number of nitrogens with one attached hydrogen (secondary N) is 1. The fourth-order valence-electron chi connectivity index (χ4n) is 3.53.